The van der Waals surface area contributed by atoms with Gasteiger partial charge in [-0.05, 0) is 76.3 Å². The standard InChI is InChI=1S/C23H23NO4/c1-3-13-5-14-15-6-20-21(26-11-25-20)7-16(15)17-8-22-23(28-12-27-22)9-18(17)19(14)10-24(13)4-2/h6-9,13H,3-5,10-12H2,1-2H3. The van der Waals surface area contributed by atoms with Crippen molar-refractivity contribution in [2.24, 2.45) is 0 Å². The predicted molar refractivity (Wildman–Crippen MR) is 108 cm³/mol. The lowest BCUT2D eigenvalue weighted by molar-refractivity contribution is 0.173. The Morgan fingerprint density at radius 2 is 1.25 bits per heavy atom. The van der Waals surface area contributed by atoms with Gasteiger partial charge in [0.2, 0.25) is 13.6 Å². The SMILES string of the molecule is CCC1Cc2c(c3cc4c(cc3c3cc5c(cc23)OCO5)OCO4)CN1CC. The maximum absolute atomic E-state index is 5.70. The molecule has 0 aliphatic carbocycles. The molecule has 3 aliphatic heterocycles. The Hall–Kier alpha value is -2.66. The second-order valence-corrected chi connectivity index (χ2v) is 7.79. The van der Waals surface area contributed by atoms with Gasteiger partial charge >= 0.3 is 0 Å². The Balaban J connectivity index is 1.72. The number of fused-ring (bicyclic) bond motifs is 8. The fourth-order valence-electron chi connectivity index (χ4n) is 5.04. The maximum Gasteiger partial charge on any atom is 0.231 e. The second kappa shape index (κ2) is 5.92. The number of nitrogens with zero attached hydrogens (tertiary/aromatic N) is 1. The average Bonchev–Trinajstić information content (AvgIpc) is 3.38. The molecule has 3 aromatic rings. The van der Waals surface area contributed by atoms with Gasteiger partial charge in [0, 0.05) is 12.6 Å². The van der Waals surface area contributed by atoms with Gasteiger partial charge < -0.3 is 18.9 Å². The van der Waals surface area contributed by atoms with Crippen molar-refractivity contribution in [1.82, 2.24) is 4.90 Å². The van der Waals surface area contributed by atoms with E-state index in [0.29, 0.717) is 12.8 Å². The zero-order chi connectivity index (χ0) is 18.8. The first-order valence-electron chi connectivity index (χ1n) is 10.1. The highest BCUT2D eigenvalue weighted by atomic mass is 16.7. The van der Waals surface area contributed by atoms with Crippen LogP contribution in [0.1, 0.15) is 31.4 Å². The monoisotopic (exact) mass is 377 g/mol. The van der Waals surface area contributed by atoms with Gasteiger partial charge in [-0.3, -0.25) is 4.90 Å². The van der Waals surface area contributed by atoms with E-state index in [1.807, 2.05) is 0 Å². The summed E-state index contributed by atoms with van der Waals surface area (Å²) in [6.07, 6.45) is 2.21. The van der Waals surface area contributed by atoms with Gasteiger partial charge in [-0.2, -0.15) is 0 Å². The summed E-state index contributed by atoms with van der Waals surface area (Å²) in [6.45, 7) is 7.14. The van der Waals surface area contributed by atoms with Crippen molar-refractivity contribution >= 4 is 21.5 Å². The van der Waals surface area contributed by atoms with Crippen LogP contribution in [0.15, 0.2) is 24.3 Å². The number of hydrogen-bond acceptors (Lipinski definition) is 5. The van der Waals surface area contributed by atoms with Crippen molar-refractivity contribution < 1.29 is 18.9 Å². The molecule has 5 heteroatoms. The molecule has 3 aliphatic rings. The first-order chi connectivity index (χ1) is 13.8. The molecule has 144 valence electrons. The van der Waals surface area contributed by atoms with Crippen LogP contribution in [0.4, 0.5) is 0 Å². The van der Waals surface area contributed by atoms with Crippen molar-refractivity contribution in [3.8, 4) is 23.0 Å². The summed E-state index contributed by atoms with van der Waals surface area (Å²) in [7, 11) is 0. The van der Waals surface area contributed by atoms with Crippen LogP contribution in [0.5, 0.6) is 23.0 Å². The number of rotatable bonds is 2. The Morgan fingerprint density at radius 3 is 1.75 bits per heavy atom. The first-order valence-corrected chi connectivity index (χ1v) is 10.1. The maximum atomic E-state index is 5.70. The van der Waals surface area contributed by atoms with E-state index in [0.717, 1.165) is 48.9 Å². The fourth-order valence-corrected chi connectivity index (χ4v) is 5.04. The minimum absolute atomic E-state index is 0.289. The van der Waals surface area contributed by atoms with E-state index in [4.69, 9.17) is 18.9 Å². The third kappa shape index (κ3) is 2.17. The quantitative estimate of drug-likeness (QED) is 0.610. The van der Waals surface area contributed by atoms with E-state index >= 15 is 0 Å². The van der Waals surface area contributed by atoms with Crippen molar-refractivity contribution in [2.75, 3.05) is 20.1 Å². The molecule has 0 saturated heterocycles. The van der Waals surface area contributed by atoms with Crippen LogP contribution >= 0.6 is 0 Å². The van der Waals surface area contributed by atoms with Gasteiger partial charge in [0.15, 0.2) is 23.0 Å². The van der Waals surface area contributed by atoms with Gasteiger partial charge in [0.1, 0.15) is 0 Å². The van der Waals surface area contributed by atoms with Crippen molar-refractivity contribution in [1.29, 1.82) is 0 Å². The summed E-state index contributed by atoms with van der Waals surface area (Å²) < 4.78 is 22.8. The largest absolute Gasteiger partial charge is 0.454 e. The van der Waals surface area contributed by atoms with Crippen LogP contribution in [0, 0.1) is 0 Å². The highest BCUT2D eigenvalue weighted by molar-refractivity contribution is 6.13. The molecule has 0 aromatic heterocycles. The lowest BCUT2D eigenvalue weighted by Crippen LogP contribution is -2.39. The topological polar surface area (TPSA) is 40.2 Å². The van der Waals surface area contributed by atoms with E-state index in [2.05, 4.69) is 43.0 Å². The van der Waals surface area contributed by atoms with Crippen LogP contribution < -0.4 is 18.9 Å². The van der Waals surface area contributed by atoms with E-state index < -0.39 is 0 Å². The van der Waals surface area contributed by atoms with Crippen LogP contribution in [-0.2, 0) is 13.0 Å². The Morgan fingerprint density at radius 1 is 0.750 bits per heavy atom. The molecule has 0 radical (unpaired) electrons. The zero-order valence-electron chi connectivity index (χ0n) is 16.2. The lowest BCUT2D eigenvalue weighted by Gasteiger charge is -2.37. The molecule has 0 amide bonds. The summed E-state index contributed by atoms with van der Waals surface area (Å²) in [5.41, 5.74) is 2.85. The first kappa shape index (κ1) is 16.3. The smallest absolute Gasteiger partial charge is 0.231 e. The third-order valence-corrected chi connectivity index (χ3v) is 6.52. The number of benzene rings is 3. The van der Waals surface area contributed by atoms with E-state index in [-0.39, 0.29) is 6.79 Å². The molecule has 3 heterocycles. The molecule has 1 unspecified atom stereocenters. The molecular formula is C23H23NO4. The Labute approximate surface area is 163 Å². The molecule has 6 rings (SSSR count). The van der Waals surface area contributed by atoms with Crippen molar-refractivity contribution in [2.45, 2.75) is 39.3 Å². The zero-order valence-corrected chi connectivity index (χ0v) is 16.2. The Kier molecular flexibility index (Phi) is 3.45. The predicted octanol–water partition coefficient (Wildman–Crippen LogP) is 4.61. The molecule has 0 spiro atoms. The highest BCUT2D eigenvalue weighted by Gasteiger charge is 2.30. The van der Waals surface area contributed by atoms with Gasteiger partial charge in [0.25, 0.3) is 0 Å². The van der Waals surface area contributed by atoms with Crippen LogP contribution in [0.3, 0.4) is 0 Å². The molecular weight excluding hydrogens is 354 g/mol. The molecule has 0 bridgehead atoms. The molecule has 5 nitrogen and oxygen atoms in total. The van der Waals surface area contributed by atoms with E-state index in [1.165, 1.54) is 32.7 Å². The minimum Gasteiger partial charge on any atom is -0.454 e. The summed E-state index contributed by atoms with van der Waals surface area (Å²) >= 11 is 0. The van der Waals surface area contributed by atoms with Crippen LogP contribution in [0.2, 0.25) is 0 Å². The summed E-state index contributed by atoms with van der Waals surface area (Å²) in [6, 6.07) is 9.17. The normalized spacial score (nSPS) is 20.1. The van der Waals surface area contributed by atoms with Gasteiger partial charge in [-0.1, -0.05) is 13.8 Å². The number of likely N-dealkylation sites (N-methyl/N-ethyl adjacent to an activating group) is 1. The van der Waals surface area contributed by atoms with Crippen LogP contribution in [-0.4, -0.2) is 31.1 Å². The molecule has 0 saturated carbocycles. The van der Waals surface area contributed by atoms with Crippen LogP contribution in [0.25, 0.3) is 21.5 Å². The molecule has 3 aromatic carbocycles. The molecule has 1 atom stereocenters. The number of ether oxygens (including phenoxy) is 4. The number of hydrogen-bond donors (Lipinski definition) is 0. The van der Waals surface area contributed by atoms with Crippen molar-refractivity contribution in [3.63, 3.8) is 0 Å². The van der Waals surface area contributed by atoms with E-state index in [1.54, 1.807) is 0 Å². The molecule has 0 fully saturated rings. The highest BCUT2D eigenvalue weighted by Crippen LogP contribution is 2.47. The van der Waals surface area contributed by atoms with Gasteiger partial charge in [0.05, 0.1) is 0 Å². The van der Waals surface area contributed by atoms with Crippen molar-refractivity contribution in [3.05, 3.63) is 35.4 Å². The van der Waals surface area contributed by atoms with E-state index in [9.17, 15) is 0 Å². The second-order valence-electron chi connectivity index (χ2n) is 7.79. The third-order valence-electron chi connectivity index (χ3n) is 6.52. The lowest BCUT2D eigenvalue weighted by atomic mass is 9.84. The fraction of sp³-hybridized carbons (Fsp3) is 0.391. The summed E-state index contributed by atoms with van der Waals surface area (Å²) in [5.74, 6) is 3.33. The Bertz CT molecular complexity index is 1030. The summed E-state index contributed by atoms with van der Waals surface area (Å²) in [5, 5.41) is 4.94. The molecule has 28 heavy (non-hydrogen) atoms. The summed E-state index contributed by atoms with van der Waals surface area (Å²) in [4.78, 5) is 2.59. The molecule has 0 N–H and O–H groups in total. The minimum atomic E-state index is 0.289. The average molecular weight is 377 g/mol. The van der Waals surface area contributed by atoms with Gasteiger partial charge in [-0.15, -0.1) is 0 Å². The van der Waals surface area contributed by atoms with Gasteiger partial charge in [-0.25, -0.2) is 0 Å².